The summed E-state index contributed by atoms with van der Waals surface area (Å²) >= 11 is 0. The van der Waals surface area contributed by atoms with Gasteiger partial charge in [-0.2, -0.15) is 0 Å². The van der Waals surface area contributed by atoms with Crippen molar-refractivity contribution in [2.75, 3.05) is 56.4 Å². The minimum atomic E-state index is -0.0351. The van der Waals surface area contributed by atoms with Gasteiger partial charge in [0.1, 0.15) is 0 Å². The fourth-order valence-corrected chi connectivity index (χ4v) is 3.48. The highest BCUT2D eigenvalue weighted by atomic mass is 16.5. The van der Waals surface area contributed by atoms with Crippen LogP contribution in [0.15, 0.2) is 27.5 Å². The van der Waals surface area contributed by atoms with Gasteiger partial charge in [0.25, 0.3) is 0 Å². The Morgan fingerprint density at radius 1 is 1.16 bits per heavy atom. The molecule has 0 bridgehead atoms. The number of aromatic nitrogens is 1. The molecule has 7 nitrogen and oxygen atoms in total. The second-order valence-electron chi connectivity index (χ2n) is 6.51. The van der Waals surface area contributed by atoms with Crippen LogP contribution >= 0.6 is 0 Å². The summed E-state index contributed by atoms with van der Waals surface area (Å²) < 4.78 is 17.0. The molecule has 2 saturated heterocycles. The summed E-state index contributed by atoms with van der Waals surface area (Å²) in [6.45, 7) is 4.29. The van der Waals surface area contributed by atoms with E-state index in [1.807, 2.05) is 7.05 Å². The molecule has 134 valence electrons. The molecule has 0 saturated carbocycles. The van der Waals surface area contributed by atoms with E-state index in [0.717, 1.165) is 45.0 Å². The van der Waals surface area contributed by atoms with Gasteiger partial charge in [-0.15, -0.1) is 0 Å². The van der Waals surface area contributed by atoms with Crippen molar-refractivity contribution >= 4 is 22.7 Å². The van der Waals surface area contributed by atoms with Crippen molar-refractivity contribution in [3.63, 3.8) is 0 Å². The molecule has 4 heterocycles. The van der Waals surface area contributed by atoms with Crippen molar-refractivity contribution in [1.29, 1.82) is 0 Å². The fraction of sp³-hybridized carbons (Fsp3) is 0.556. The SMILES string of the molecule is CN(c1cc(=O)c2ccnc(N3CCOCC3)c2o1)C1CCOCC1. The average molecular weight is 345 g/mol. The number of anilines is 2. The molecule has 2 fully saturated rings. The van der Waals surface area contributed by atoms with E-state index in [1.165, 1.54) is 0 Å². The number of fused-ring (bicyclic) bond motifs is 1. The third-order valence-electron chi connectivity index (χ3n) is 5.01. The van der Waals surface area contributed by atoms with E-state index in [-0.39, 0.29) is 5.43 Å². The summed E-state index contributed by atoms with van der Waals surface area (Å²) in [5.74, 6) is 1.31. The molecule has 2 aromatic rings. The Kier molecular flexibility index (Phi) is 4.59. The van der Waals surface area contributed by atoms with E-state index in [1.54, 1.807) is 18.3 Å². The van der Waals surface area contributed by atoms with Gasteiger partial charge >= 0.3 is 0 Å². The molecule has 7 heteroatoms. The van der Waals surface area contributed by atoms with Gasteiger partial charge in [-0.25, -0.2) is 4.98 Å². The average Bonchev–Trinajstić information content (AvgIpc) is 2.68. The predicted octanol–water partition coefficient (Wildman–Crippen LogP) is 1.64. The Labute approximate surface area is 146 Å². The van der Waals surface area contributed by atoms with Crippen LogP contribution in [-0.4, -0.2) is 57.6 Å². The van der Waals surface area contributed by atoms with Gasteiger partial charge in [0.05, 0.1) is 18.6 Å². The summed E-state index contributed by atoms with van der Waals surface area (Å²) in [6, 6.07) is 3.63. The lowest BCUT2D eigenvalue weighted by molar-refractivity contribution is 0.0848. The lowest BCUT2D eigenvalue weighted by Crippen LogP contribution is -2.37. The van der Waals surface area contributed by atoms with E-state index in [2.05, 4.69) is 14.8 Å². The maximum atomic E-state index is 12.6. The summed E-state index contributed by atoms with van der Waals surface area (Å²) in [4.78, 5) is 21.3. The van der Waals surface area contributed by atoms with Crippen LogP contribution in [0.3, 0.4) is 0 Å². The normalized spacial score (nSPS) is 19.3. The van der Waals surface area contributed by atoms with Crippen LogP contribution in [0.4, 0.5) is 11.7 Å². The monoisotopic (exact) mass is 345 g/mol. The number of ether oxygens (including phenoxy) is 2. The first kappa shape index (κ1) is 16.4. The van der Waals surface area contributed by atoms with Crippen molar-refractivity contribution in [2.45, 2.75) is 18.9 Å². The first-order chi connectivity index (χ1) is 12.2. The zero-order valence-electron chi connectivity index (χ0n) is 14.4. The molecular weight excluding hydrogens is 322 g/mol. The second kappa shape index (κ2) is 7.01. The first-order valence-electron chi connectivity index (χ1n) is 8.80. The summed E-state index contributed by atoms with van der Waals surface area (Å²) in [7, 11) is 1.98. The Morgan fingerprint density at radius 3 is 2.64 bits per heavy atom. The van der Waals surface area contributed by atoms with Crippen LogP contribution < -0.4 is 15.2 Å². The Bertz CT molecular complexity index is 794. The van der Waals surface area contributed by atoms with Gasteiger partial charge in [-0.05, 0) is 18.9 Å². The zero-order valence-corrected chi connectivity index (χ0v) is 14.4. The van der Waals surface area contributed by atoms with Crippen LogP contribution in [0.5, 0.6) is 0 Å². The largest absolute Gasteiger partial charge is 0.436 e. The standard InChI is InChI=1S/C18H23N3O4/c1-20(13-3-8-23-9-4-13)16-12-15(22)14-2-5-19-18(17(14)25-16)21-6-10-24-11-7-21/h2,5,12-13H,3-4,6-11H2,1H3. The van der Waals surface area contributed by atoms with Crippen molar-refractivity contribution in [3.8, 4) is 0 Å². The van der Waals surface area contributed by atoms with Crippen LogP contribution in [0.1, 0.15) is 12.8 Å². The minimum Gasteiger partial charge on any atom is -0.436 e. The zero-order chi connectivity index (χ0) is 17.2. The minimum absolute atomic E-state index is 0.0351. The molecule has 2 aromatic heterocycles. The van der Waals surface area contributed by atoms with E-state index in [9.17, 15) is 4.79 Å². The number of morpholine rings is 1. The first-order valence-corrected chi connectivity index (χ1v) is 8.80. The molecule has 4 rings (SSSR count). The number of hydrogen-bond donors (Lipinski definition) is 0. The van der Waals surface area contributed by atoms with E-state index in [0.29, 0.717) is 36.1 Å². The third kappa shape index (κ3) is 3.21. The highest BCUT2D eigenvalue weighted by molar-refractivity contribution is 5.87. The molecule has 0 radical (unpaired) electrons. The molecular formula is C18H23N3O4. The Hall–Kier alpha value is -2.12. The van der Waals surface area contributed by atoms with Crippen molar-refractivity contribution in [3.05, 3.63) is 28.6 Å². The van der Waals surface area contributed by atoms with Gasteiger partial charge in [0.2, 0.25) is 0 Å². The molecule has 0 spiro atoms. The molecule has 0 N–H and O–H groups in total. The fourth-order valence-electron chi connectivity index (χ4n) is 3.48. The number of hydrogen-bond acceptors (Lipinski definition) is 7. The maximum absolute atomic E-state index is 12.6. The molecule has 0 atom stereocenters. The van der Waals surface area contributed by atoms with Crippen LogP contribution in [0.2, 0.25) is 0 Å². The molecule has 2 aliphatic rings. The van der Waals surface area contributed by atoms with Gasteiger partial charge in [-0.1, -0.05) is 0 Å². The van der Waals surface area contributed by atoms with E-state index >= 15 is 0 Å². The highest BCUT2D eigenvalue weighted by Crippen LogP contribution is 2.28. The second-order valence-corrected chi connectivity index (χ2v) is 6.51. The summed E-state index contributed by atoms with van der Waals surface area (Å²) in [5.41, 5.74) is 0.526. The van der Waals surface area contributed by atoms with Crippen LogP contribution in [0, 0.1) is 0 Å². The predicted molar refractivity (Wildman–Crippen MR) is 95.6 cm³/mol. The van der Waals surface area contributed by atoms with Crippen LogP contribution in [-0.2, 0) is 9.47 Å². The highest BCUT2D eigenvalue weighted by Gasteiger charge is 2.23. The quantitative estimate of drug-likeness (QED) is 0.838. The van der Waals surface area contributed by atoms with Gasteiger partial charge in [-0.3, -0.25) is 4.79 Å². The maximum Gasteiger partial charge on any atom is 0.200 e. The van der Waals surface area contributed by atoms with Crippen molar-refractivity contribution in [2.24, 2.45) is 0 Å². The Balaban J connectivity index is 1.75. The molecule has 0 aromatic carbocycles. The van der Waals surface area contributed by atoms with Gasteiger partial charge in [0.15, 0.2) is 22.7 Å². The van der Waals surface area contributed by atoms with Gasteiger partial charge < -0.3 is 23.7 Å². The summed E-state index contributed by atoms with van der Waals surface area (Å²) in [5, 5.41) is 0.570. The molecule has 0 amide bonds. The molecule has 0 unspecified atom stereocenters. The lowest BCUT2D eigenvalue weighted by atomic mass is 10.1. The van der Waals surface area contributed by atoms with E-state index < -0.39 is 0 Å². The van der Waals surface area contributed by atoms with Crippen molar-refractivity contribution in [1.82, 2.24) is 4.98 Å². The lowest BCUT2D eigenvalue weighted by Gasteiger charge is -2.32. The molecule has 25 heavy (non-hydrogen) atoms. The van der Waals surface area contributed by atoms with E-state index in [4.69, 9.17) is 13.9 Å². The number of pyridine rings is 1. The molecule has 0 aliphatic carbocycles. The van der Waals surface area contributed by atoms with Crippen molar-refractivity contribution < 1.29 is 13.9 Å². The summed E-state index contributed by atoms with van der Waals surface area (Å²) in [6.07, 6.45) is 3.54. The molecule has 2 aliphatic heterocycles. The van der Waals surface area contributed by atoms with Crippen LogP contribution in [0.25, 0.3) is 11.0 Å². The number of nitrogens with zero attached hydrogens (tertiary/aromatic N) is 3. The Morgan fingerprint density at radius 2 is 1.88 bits per heavy atom. The van der Waals surface area contributed by atoms with Gasteiger partial charge in [0, 0.05) is 51.7 Å². The smallest absolute Gasteiger partial charge is 0.200 e. The topological polar surface area (TPSA) is 68.0 Å². The number of rotatable bonds is 3. The third-order valence-corrected chi connectivity index (χ3v) is 5.01.